The Morgan fingerprint density at radius 3 is 2.58 bits per heavy atom. The summed E-state index contributed by atoms with van der Waals surface area (Å²) in [5.41, 5.74) is 3.45. The number of nitrogens with zero attached hydrogens (tertiary/aromatic N) is 3. The van der Waals surface area contributed by atoms with Gasteiger partial charge >= 0.3 is 0 Å². The number of ether oxygens (including phenoxy) is 1. The van der Waals surface area contributed by atoms with E-state index in [1.165, 1.54) is 36.9 Å². The van der Waals surface area contributed by atoms with Crippen molar-refractivity contribution in [3.8, 4) is 0 Å². The van der Waals surface area contributed by atoms with Crippen molar-refractivity contribution < 1.29 is 4.74 Å². The molecule has 1 saturated carbocycles. The van der Waals surface area contributed by atoms with E-state index in [0.29, 0.717) is 12.6 Å². The van der Waals surface area contributed by atoms with Gasteiger partial charge in [-0.25, -0.2) is 4.99 Å². The highest BCUT2D eigenvalue weighted by atomic mass is 16.5. The van der Waals surface area contributed by atoms with Gasteiger partial charge in [0.2, 0.25) is 0 Å². The number of hydrogen-bond acceptors (Lipinski definition) is 3. The topological polar surface area (TPSA) is 63.5 Å². The molecule has 0 radical (unpaired) electrons. The molecule has 0 saturated heterocycles. The van der Waals surface area contributed by atoms with E-state index in [-0.39, 0.29) is 0 Å². The second kappa shape index (κ2) is 10.6. The van der Waals surface area contributed by atoms with Crippen molar-refractivity contribution in [2.24, 2.45) is 18.0 Å². The Morgan fingerprint density at radius 1 is 1.27 bits per heavy atom. The smallest absolute Gasteiger partial charge is 0.191 e. The second-order valence-electron chi connectivity index (χ2n) is 7.22. The Labute approximate surface area is 158 Å². The minimum absolute atomic E-state index is 0.376. The van der Waals surface area contributed by atoms with Gasteiger partial charge in [0, 0.05) is 38.0 Å². The molecule has 1 atom stereocenters. The Balaban J connectivity index is 1.90. The third kappa shape index (κ3) is 5.73. The number of hydrogen-bond donors (Lipinski definition) is 2. The van der Waals surface area contributed by atoms with Crippen LogP contribution < -0.4 is 10.6 Å². The molecule has 1 fully saturated rings. The summed E-state index contributed by atoms with van der Waals surface area (Å²) >= 11 is 0. The molecule has 1 aromatic heterocycles. The average Bonchev–Trinajstić information content (AvgIpc) is 3.22. The zero-order valence-electron chi connectivity index (χ0n) is 17.3. The number of aromatic nitrogens is 2. The summed E-state index contributed by atoms with van der Waals surface area (Å²) in [6.07, 6.45) is 6.76. The van der Waals surface area contributed by atoms with Crippen molar-refractivity contribution in [1.82, 2.24) is 20.4 Å². The minimum Gasteiger partial charge on any atom is -0.378 e. The fourth-order valence-electron chi connectivity index (χ4n) is 3.88. The first kappa shape index (κ1) is 20.7. The van der Waals surface area contributed by atoms with E-state index in [4.69, 9.17) is 9.73 Å². The Hall–Kier alpha value is -1.56. The van der Waals surface area contributed by atoms with Gasteiger partial charge in [0.05, 0.1) is 18.3 Å². The highest BCUT2D eigenvalue weighted by Crippen LogP contribution is 2.30. The lowest BCUT2D eigenvalue weighted by molar-refractivity contribution is 0.0169. The normalized spacial score (nSPS) is 16.9. The number of nitrogens with one attached hydrogen (secondary N) is 2. The van der Waals surface area contributed by atoms with Gasteiger partial charge in [0.1, 0.15) is 0 Å². The monoisotopic (exact) mass is 363 g/mol. The summed E-state index contributed by atoms with van der Waals surface area (Å²) in [6, 6.07) is 0. The molecule has 6 nitrogen and oxygen atoms in total. The van der Waals surface area contributed by atoms with Gasteiger partial charge in [0.25, 0.3) is 0 Å². The van der Waals surface area contributed by atoms with Crippen LogP contribution in [0, 0.1) is 19.8 Å². The predicted octanol–water partition coefficient (Wildman–Crippen LogP) is 3.08. The van der Waals surface area contributed by atoms with Crippen LogP contribution in [0.4, 0.5) is 0 Å². The first-order chi connectivity index (χ1) is 12.6. The Bertz CT molecular complexity index is 575. The molecule has 0 aromatic carbocycles. The van der Waals surface area contributed by atoms with Crippen LogP contribution >= 0.6 is 0 Å². The first-order valence-corrected chi connectivity index (χ1v) is 10.2. The first-order valence-electron chi connectivity index (χ1n) is 10.2. The molecule has 1 aliphatic carbocycles. The van der Waals surface area contributed by atoms with Crippen LogP contribution in [0.25, 0.3) is 0 Å². The fourth-order valence-corrected chi connectivity index (χ4v) is 3.88. The summed E-state index contributed by atoms with van der Waals surface area (Å²) in [5, 5.41) is 11.3. The molecule has 0 aliphatic heterocycles. The van der Waals surface area contributed by atoms with E-state index < -0.39 is 0 Å². The molecular weight excluding hydrogens is 326 g/mol. The highest BCUT2D eigenvalue weighted by molar-refractivity contribution is 5.79. The molecule has 0 bridgehead atoms. The molecule has 1 unspecified atom stereocenters. The van der Waals surface area contributed by atoms with Crippen LogP contribution in [-0.4, -0.2) is 41.5 Å². The van der Waals surface area contributed by atoms with Crippen LogP contribution in [0.1, 0.15) is 62.9 Å². The van der Waals surface area contributed by atoms with E-state index in [2.05, 4.69) is 36.5 Å². The van der Waals surface area contributed by atoms with Crippen molar-refractivity contribution in [2.45, 2.75) is 72.4 Å². The van der Waals surface area contributed by atoms with Gasteiger partial charge in [-0.15, -0.1) is 0 Å². The molecule has 1 aromatic rings. The van der Waals surface area contributed by atoms with E-state index in [9.17, 15) is 0 Å². The van der Waals surface area contributed by atoms with E-state index in [1.807, 2.05) is 18.7 Å². The summed E-state index contributed by atoms with van der Waals surface area (Å²) in [6.45, 7) is 11.5. The zero-order valence-corrected chi connectivity index (χ0v) is 17.3. The molecule has 6 heteroatoms. The molecule has 0 amide bonds. The largest absolute Gasteiger partial charge is 0.378 e. The molecule has 148 valence electrons. The quantitative estimate of drug-likeness (QED) is 0.523. The molecule has 26 heavy (non-hydrogen) atoms. The van der Waals surface area contributed by atoms with Crippen molar-refractivity contribution in [3.05, 3.63) is 17.0 Å². The van der Waals surface area contributed by atoms with Gasteiger partial charge in [-0.3, -0.25) is 4.68 Å². The zero-order chi connectivity index (χ0) is 18.9. The number of guanidine groups is 1. The van der Waals surface area contributed by atoms with E-state index >= 15 is 0 Å². The van der Waals surface area contributed by atoms with Gasteiger partial charge in [-0.1, -0.05) is 12.8 Å². The maximum atomic E-state index is 6.02. The molecule has 2 N–H and O–H groups in total. The van der Waals surface area contributed by atoms with Crippen LogP contribution in [0.5, 0.6) is 0 Å². The number of aryl methyl sites for hydroxylation is 2. The van der Waals surface area contributed by atoms with Gasteiger partial charge in [0.15, 0.2) is 5.96 Å². The standard InChI is InChI=1S/C20H37N5O/c1-6-21-20(23-14-18-15(3)24-25(5)16(18)4)22-13-12-19(26-7-2)17-10-8-9-11-17/h17,19H,6-14H2,1-5H3,(H2,21,22,23). The SMILES string of the molecule is CCNC(=NCc1c(C)nn(C)c1C)NCCC(OCC)C1CCCC1. The average molecular weight is 364 g/mol. The lowest BCUT2D eigenvalue weighted by Gasteiger charge is -2.24. The molecule has 1 heterocycles. The number of aliphatic imine (C=N–C) groups is 1. The molecule has 2 rings (SSSR count). The Kier molecular flexibility index (Phi) is 8.42. The maximum absolute atomic E-state index is 6.02. The molecular formula is C20H37N5O. The van der Waals surface area contributed by atoms with Crippen LogP contribution in [-0.2, 0) is 18.3 Å². The fraction of sp³-hybridized carbons (Fsp3) is 0.800. The van der Waals surface area contributed by atoms with Crippen molar-refractivity contribution in [1.29, 1.82) is 0 Å². The van der Waals surface area contributed by atoms with Crippen molar-refractivity contribution in [3.63, 3.8) is 0 Å². The third-order valence-corrected chi connectivity index (χ3v) is 5.43. The van der Waals surface area contributed by atoms with Crippen LogP contribution in [0.15, 0.2) is 4.99 Å². The van der Waals surface area contributed by atoms with Crippen molar-refractivity contribution in [2.75, 3.05) is 19.7 Å². The van der Waals surface area contributed by atoms with Crippen LogP contribution in [0.2, 0.25) is 0 Å². The molecule has 1 aliphatic rings. The number of rotatable bonds is 9. The summed E-state index contributed by atoms with van der Waals surface area (Å²) in [7, 11) is 1.98. The van der Waals surface area contributed by atoms with Gasteiger partial charge in [-0.05, 0) is 52.9 Å². The lowest BCUT2D eigenvalue weighted by atomic mass is 9.98. The van der Waals surface area contributed by atoms with E-state index in [1.54, 1.807) is 0 Å². The maximum Gasteiger partial charge on any atom is 0.191 e. The highest BCUT2D eigenvalue weighted by Gasteiger charge is 2.25. The van der Waals surface area contributed by atoms with Gasteiger partial charge < -0.3 is 15.4 Å². The van der Waals surface area contributed by atoms with Crippen molar-refractivity contribution >= 4 is 5.96 Å². The Morgan fingerprint density at radius 2 is 2.00 bits per heavy atom. The van der Waals surface area contributed by atoms with Crippen LogP contribution in [0.3, 0.4) is 0 Å². The summed E-state index contributed by atoms with van der Waals surface area (Å²) in [5.74, 6) is 1.61. The third-order valence-electron chi connectivity index (χ3n) is 5.43. The second-order valence-corrected chi connectivity index (χ2v) is 7.22. The summed E-state index contributed by atoms with van der Waals surface area (Å²) < 4.78 is 7.95. The lowest BCUT2D eigenvalue weighted by Crippen LogP contribution is -2.39. The predicted molar refractivity (Wildman–Crippen MR) is 107 cm³/mol. The van der Waals surface area contributed by atoms with E-state index in [0.717, 1.165) is 43.7 Å². The molecule has 0 spiro atoms. The van der Waals surface area contributed by atoms with Gasteiger partial charge in [-0.2, -0.15) is 5.10 Å². The minimum atomic E-state index is 0.376. The summed E-state index contributed by atoms with van der Waals surface area (Å²) in [4.78, 5) is 4.76.